The maximum absolute atomic E-state index is 12.7. The first-order valence-electron chi connectivity index (χ1n) is 9.12. The van der Waals surface area contributed by atoms with Crippen molar-refractivity contribution in [3.05, 3.63) is 94.5 Å². The first kappa shape index (κ1) is 19.8. The van der Waals surface area contributed by atoms with Gasteiger partial charge in [0.05, 0.1) is 12.2 Å². The van der Waals surface area contributed by atoms with Crippen LogP contribution < -0.4 is 14.8 Å². The molecule has 0 aliphatic carbocycles. The second kappa shape index (κ2) is 9.81. The second-order valence-corrected chi connectivity index (χ2v) is 6.61. The van der Waals surface area contributed by atoms with E-state index < -0.39 is 0 Å². The van der Waals surface area contributed by atoms with E-state index in [0.717, 1.165) is 16.9 Å². The Morgan fingerprint density at radius 1 is 0.929 bits per heavy atom. The van der Waals surface area contributed by atoms with Gasteiger partial charge < -0.3 is 14.8 Å². The fourth-order valence-electron chi connectivity index (χ4n) is 2.69. The van der Waals surface area contributed by atoms with Crippen LogP contribution in [0.15, 0.2) is 72.8 Å². The molecule has 3 aromatic rings. The first-order valence-corrected chi connectivity index (χ1v) is 9.49. The normalized spacial score (nSPS) is 10.4. The third kappa shape index (κ3) is 5.51. The molecule has 0 aromatic heterocycles. The van der Waals surface area contributed by atoms with Crippen molar-refractivity contribution in [2.45, 2.75) is 20.1 Å². The largest absolute Gasteiger partial charge is 0.494 e. The summed E-state index contributed by atoms with van der Waals surface area (Å²) in [6, 6.07) is 22.5. The highest BCUT2D eigenvalue weighted by atomic mass is 35.5. The smallest absolute Gasteiger partial charge is 0.255 e. The minimum atomic E-state index is -0.237. The van der Waals surface area contributed by atoms with E-state index in [-0.39, 0.29) is 5.91 Å². The molecule has 0 aliphatic rings. The number of benzene rings is 3. The molecule has 5 heteroatoms. The molecule has 0 saturated heterocycles. The molecule has 144 valence electrons. The molecule has 0 spiro atoms. The number of amides is 1. The molecule has 0 heterocycles. The molecule has 1 N–H and O–H groups in total. The maximum Gasteiger partial charge on any atom is 0.255 e. The number of hydrogen-bond donors (Lipinski definition) is 1. The van der Waals surface area contributed by atoms with Crippen molar-refractivity contribution in [2.75, 3.05) is 6.61 Å². The number of nitrogens with one attached hydrogen (secondary N) is 1. The Labute approximate surface area is 170 Å². The zero-order valence-electron chi connectivity index (χ0n) is 15.7. The minimum absolute atomic E-state index is 0.237. The van der Waals surface area contributed by atoms with Crippen LogP contribution >= 0.6 is 11.6 Å². The van der Waals surface area contributed by atoms with Gasteiger partial charge in [-0.2, -0.15) is 0 Å². The van der Waals surface area contributed by atoms with Crippen LogP contribution in [0.25, 0.3) is 0 Å². The summed E-state index contributed by atoms with van der Waals surface area (Å²) < 4.78 is 11.3. The lowest BCUT2D eigenvalue weighted by Crippen LogP contribution is -2.23. The van der Waals surface area contributed by atoms with Gasteiger partial charge in [0.1, 0.15) is 18.1 Å². The number of carbonyl (C=O) groups is 1. The van der Waals surface area contributed by atoms with Crippen molar-refractivity contribution in [1.29, 1.82) is 0 Å². The van der Waals surface area contributed by atoms with Crippen molar-refractivity contribution in [1.82, 2.24) is 5.32 Å². The summed E-state index contributed by atoms with van der Waals surface area (Å²) >= 11 is 6.09. The summed E-state index contributed by atoms with van der Waals surface area (Å²) in [6.07, 6.45) is 0. The van der Waals surface area contributed by atoms with E-state index in [4.69, 9.17) is 21.1 Å². The molecule has 0 atom stereocenters. The molecule has 0 fully saturated rings. The Morgan fingerprint density at radius 3 is 2.39 bits per heavy atom. The number of halogens is 1. The van der Waals surface area contributed by atoms with Crippen molar-refractivity contribution in [3.63, 3.8) is 0 Å². The van der Waals surface area contributed by atoms with Crippen LogP contribution in [-0.2, 0) is 13.2 Å². The van der Waals surface area contributed by atoms with Crippen LogP contribution in [-0.4, -0.2) is 12.5 Å². The van der Waals surface area contributed by atoms with Crippen molar-refractivity contribution in [2.24, 2.45) is 0 Å². The van der Waals surface area contributed by atoms with Gasteiger partial charge in [0, 0.05) is 11.6 Å². The molecule has 28 heavy (non-hydrogen) atoms. The van der Waals surface area contributed by atoms with Crippen LogP contribution in [0.1, 0.15) is 28.4 Å². The Kier molecular flexibility index (Phi) is 6.93. The maximum atomic E-state index is 12.7. The molecule has 3 rings (SSSR count). The Bertz CT molecular complexity index is 911. The van der Waals surface area contributed by atoms with E-state index in [1.807, 2.05) is 61.5 Å². The average molecular weight is 396 g/mol. The van der Waals surface area contributed by atoms with Crippen LogP contribution in [0.2, 0.25) is 5.02 Å². The van der Waals surface area contributed by atoms with Crippen LogP contribution in [0.3, 0.4) is 0 Å². The van der Waals surface area contributed by atoms with E-state index in [1.54, 1.807) is 18.2 Å². The van der Waals surface area contributed by atoms with Crippen molar-refractivity contribution >= 4 is 17.5 Å². The summed E-state index contributed by atoms with van der Waals surface area (Å²) in [4.78, 5) is 12.7. The van der Waals surface area contributed by atoms with E-state index >= 15 is 0 Å². The lowest BCUT2D eigenvalue weighted by atomic mass is 10.1. The summed E-state index contributed by atoms with van der Waals surface area (Å²) in [5.74, 6) is 1.07. The first-order chi connectivity index (χ1) is 13.7. The molecule has 0 bridgehead atoms. The quantitative estimate of drug-likeness (QED) is 0.566. The molecule has 0 aliphatic heterocycles. The minimum Gasteiger partial charge on any atom is -0.494 e. The van der Waals surface area contributed by atoms with Gasteiger partial charge in [-0.15, -0.1) is 0 Å². The predicted octanol–water partition coefficient (Wildman–Crippen LogP) is 5.25. The highest BCUT2D eigenvalue weighted by Gasteiger charge is 2.14. The molecule has 0 unspecified atom stereocenters. The molecule has 1 amide bonds. The number of ether oxygens (including phenoxy) is 2. The van der Waals surface area contributed by atoms with Crippen LogP contribution in [0, 0.1) is 0 Å². The van der Waals surface area contributed by atoms with Gasteiger partial charge in [0.2, 0.25) is 0 Å². The Hall–Kier alpha value is -2.98. The molecular weight excluding hydrogens is 374 g/mol. The zero-order chi connectivity index (χ0) is 19.8. The van der Waals surface area contributed by atoms with E-state index in [9.17, 15) is 4.79 Å². The molecule has 0 saturated carbocycles. The molecule has 3 aromatic carbocycles. The predicted molar refractivity (Wildman–Crippen MR) is 111 cm³/mol. The van der Waals surface area contributed by atoms with Gasteiger partial charge in [-0.1, -0.05) is 54.1 Å². The van der Waals surface area contributed by atoms with Gasteiger partial charge in [-0.05, 0) is 48.4 Å². The summed E-state index contributed by atoms with van der Waals surface area (Å²) in [6.45, 7) is 3.34. The van der Waals surface area contributed by atoms with Crippen LogP contribution in [0.5, 0.6) is 11.5 Å². The highest BCUT2D eigenvalue weighted by Crippen LogP contribution is 2.24. The van der Waals surface area contributed by atoms with Crippen molar-refractivity contribution in [3.8, 4) is 11.5 Å². The Balaban J connectivity index is 1.65. The number of hydrogen-bond acceptors (Lipinski definition) is 3. The van der Waals surface area contributed by atoms with Gasteiger partial charge in [-0.25, -0.2) is 0 Å². The lowest BCUT2D eigenvalue weighted by Gasteiger charge is -2.13. The molecule has 0 radical (unpaired) electrons. The fourth-order valence-corrected chi connectivity index (χ4v) is 2.86. The summed E-state index contributed by atoms with van der Waals surface area (Å²) in [7, 11) is 0. The standard InChI is InChI=1S/C23H22ClNO3/c1-2-27-20-11-8-17(9-12-20)15-25-23(26)21-14-19(24)10-13-22(21)28-16-18-6-4-3-5-7-18/h3-14H,2,15-16H2,1H3,(H,25,26). The van der Waals surface area contributed by atoms with Crippen molar-refractivity contribution < 1.29 is 14.3 Å². The van der Waals surface area contributed by atoms with Gasteiger partial charge in [0.25, 0.3) is 5.91 Å². The summed E-state index contributed by atoms with van der Waals surface area (Å²) in [5.41, 5.74) is 2.41. The molecule has 4 nitrogen and oxygen atoms in total. The van der Waals surface area contributed by atoms with E-state index in [1.165, 1.54) is 0 Å². The Morgan fingerprint density at radius 2 is 1.68 bits per heavy atom. The third-order valence-electron chi connectivity index (χ3n) is 4.11. The third-order valence-corrected chi connectivity index (χ3v) is 4.35. The van der Waals surface area contributed by atoms with Gasteiger partial charge in [0.15, 0.2) is 0 Å². The van der Waals surface area contributed by atoms with Crippen LogP contribution in [0.4, 0.5) is 0 Å². The monoisotopic (exact) mass is 395 g/mol. The summed E-state index contributed by atoms with van der Waals surface area (Å²) in [5, 5.41) is 3.40. The molecular formula is C23H22ClNO3. The fraction of sp³-hybridized carbons (Fsp3) is 0.174. The van der Waals surface area contributed by atoms with E-state index in [2.05, 4.69) is 5.32 Å². The SMILES string of the molecule is CCOc1ccc(CNC(=O)c2cc(Cl)ccc2OCc2ccccc2)cc1. The lowest BCUT2D eigenvalue weighted by molar-refractivity contribution is 0.0946. The number of carbonyl (C=O) groups excluding carboxylic acids is 1. The topological polar surface area (TPSA) is 47.6 Å². The number of rotatable bonds is 8. The van der Waals surface area contributed by atoms with E-state index in [0.29, 0.717) is 36.1 Å². The van der Waals surface area contributed by atoms with Gasteiger partial charge in [-0.3, -0.25) is 4.79 Å². The highest BCUT2D eigenvalue weighted by molar-refractivity contribution is 6.31. The van der Waals surface area contributed by atoms with Gasteiger partial charge >= 0.3 is 0 Å². The average Bonchev–Trinajstić information content (AvgIpc) is 2.73. The second-order valence-electron chi connectivity index (χ2n) is 6.17. The zero-order valence-corrected chi connectivity index (χ0v) is 16.4.